The van der Waals surface area contributed by atoms with Crippen molar-refractivity contribution in [3.05, 3.63) is 54.1 Å². The van der Waals surface area contributed by atoms with E-state index >= 15 is 0 Å². The van der Waals surface area contributed by atoms with E-state index in [-0.39, 0.29) is 0 Å². The molecule has 13 heavy (non-hydrogen) atoms. The van der Waals surface area contributed by atoms with E-state index in [0.29, 0.717) is 0 Å². The Morgan fingerprint density at radius 2 is 1.85 bits per heavy atom. The van der Waals surface area contributed by atoms with E-state index < -0.39 is 5.97 Å². The van der Waals surface area contributed by atoms with Crippen molar-refractivity contribution in [2.45, 2.75) is 0 Å². The molecule has 0 unspecified atom stereocenters. The predicted octanol–water partition coefficient (Wildman–Crippen LogP) is 2.34. The summed E-state index contributed by atoms with van der Waals surface area (Å²) in [4.78, 5) is 10.1. The normalized spacial score (nSPS) is 11.1. The monoisotopic (exact) mass is 174 g/mol. The Kier molecular flexibility index (Phi) is 3.51. The molecule has 1 N–H and O–H groups in total. The van der Waals surface area contributed by atoms with Crippen LogP contribution in [0.5, 0.6) is 0 Å². The van der Waals surface area contributed by atoms with Gasteiger partial charge in [-0.15, -0.1) is 0 Å². The summed E-state index contributed by atoms with van der Waals surface area (Å²) in [5.74, 6) is -0.933. The van der Waals surface area contributed by atoms with E-state index in [2.05, 4.69) is 0 Å². The van der Waals surface area contributed by atoms with Crippen LogP contribution in [0.25, 0.3) is 6.08 Å². The van der Waals surface area contributed by atoms with Gasteiger partial charge in [0.2, 0.25) is 0 Å². The van der Waals surface area contributed by atoms with Crippen LogP contribution in [-0.2, 0) is 4.79 Å². The Bertz CT molecular complexity index is 323. The molecule has 0 bridgehead atoms. The lowest BCUT2D eigenvalue weighted by Gasteiger charge is -1.87. The minimum Gasteiger partial charge on any atom is -0.478 e. The standard InChI is InChI=1S/C11H10O2/c12-11(13)9-5-4-8-10-6-2-1-3-7-10/h1-9H,(H,12,13)/b8-4?,9-5+. The Hall–Kier alpha value is -1.83. The van der Waals surface area contributed by atoms with Crippen molar-refractivity contribution in [2.75, 3.05) is 0 Å². The third kappa shape index (κ3) is 3.91. The van der Waals surface area contributed by atoms with Crippen LogP contribution in [-0.4, -0.2) is 11.1 Å². The van der Waals surface area contributed by atoms with Crippen LogP contribution in [0.4, 0.5) is 0 Å². The van der Waals surface area contributed by atoms with Crippen LogP contribution in [0.2, 0.25) is 0 Å². The SMILES string of the molecule is O=C(O)/C=C/C=Cc1ccccc1. The highest BCUT2D eigenvalue weighted by Crippen LogP contribution is 2.00. The number of hydrogen-bond donors (Lipinski definition) is 1. The van der Waals surface area contributed by atoms with Crippen LogP contribution in [0.3, 0.4) is 0 Å². The highest BCUT2D eigenvalue weighted by atomic mass is 16.4. The first kappa shape index (κ1) is 9.26. The maximum absolute atomic E-state index is 10.1. The number of carbonyl (C=O) groups is 1. The third-order valence-corrected chi connectivity index (χ3v) is 1.44. The topological polar surface area (TPSA) is 37.3 Å². The summed E-state index contributed by atoms with van der Waals surface area (Å²) in [6, 6.07) is 9.70. The summed E-state index contributed by atoms with van der Waals surface area (Å²) in [6.07, 6.45) is 6.14. The van der Waals surface area contributed by atoms with Gasteiger partial charge in [-0.25, -0.2) is 4.79 Å². The van der Waals surface area contributed by atoms with Crippen molar-refractivity contribution in [2.24, 2.45) is 0 Å². The molecule has 1 aromatic rings. The summed E-state index contributed by atoms with van der Waals surface area (Å²) >= 11 is 0. The summed E-state index contributed by atoms with van der Waals surface area (Å²) in [6.45, 7) is 0. The molecule has 0 aliphatic carbocycles. The molecule has 2 heteroatoms. The molecule has 0 heterocycles. The number of rotatable bonds is 3. The number of aliphatic carboxylic acids is 1. The number of carboxylic acids is 1. The summed E-state index contributed by atoms with van der Waals surface area (Å²) in [7, 11) is 0. The van der Waals surface area contributed by atoms with Crippen molar-refractivity contribution in [1.82, 2.24) is 0 Å². The zero-order valence-electron chi connectivity index (χ0n) is 7.05. The van der Waals surface area contributed by atoms with Gasteiger partial charge < -0.3 is 5.11 Å². The van der Waals surface area contributed by atoms with Gasteiger partial charge in [0.25, 0.3) is 0 Å². The number of allylic oxidation sites excluding steroid dienone is 2. The second-order valence-electron chi connectivity index (χ2n) is 2.47. The summed E-state index contributed by atoms with van der Waals surface area (Å²) < 4.78 is 0. The Labute approximate surface area is 76.8 Å². The van der Waals surface area contributed by atoms with Crippen molar-refractivity contribution in [3.63, 3.8) is 0 Å². The largest absolute Gasteiger partial charge is 0.478 e. The van der Waals surface area contributed by atoms with Crippen molar-refractivity contribution >= 4 is 12.0 Å². The molecule has 0 spiro atoms. The molecule has 2 nitrogen and oxygen atoms in total. The van der Waals surface area contributed by atoms with Gasteiger partial charge in [0.05, 0.1) is 0 Å². The number of hydrogen-bond acceptors (Lipinski definition) is 1. The van der Waals surface area contributed by atoms with Gasteiger partial charge in [-0.2, -0.15) is 0 Å². The molecule has 0 atom stereocenters. The van der Waals surface area contributed by atoms with Gasteiger partial charge in [-0.3, -0.25) is 0 Å². The van der Waals surface area contributed by atoms with E-state index in [1.165, 1.54) is 6.08 Å². The molecular weight excluding hydrogens is 164 g/mol. The fourth-order valence-corrected chi connectivity index (χ4v) is 0.869. The molecule has 66 valence electrons. The van der Waals surface area contributed by atoms with Crippen LogP contribution in [0, 0.1) is 0 Å². The summed E-state index contributed by atoms with van der Waals surface area (Å²) in [5.41, 5.74) is 1.05. The molecule has 0 amide bonds. The molecule has 0 fully saturated rings. The Balaban J connectivity index is 2.55. The molecular formula is C11H10O2. The Morgan fingerprint density at radius 3 is 2.46 bits per heavy atom. The molecule has 1 aromatic carbocycles. The van der Waals surface area contributed by atoms with Crippen LogP contribution in [0.1, 0.15) is 5.56 Å². The first-order chi connectivity index (χ1) is 6.29. The first-order valence-electron chi connectivity index (χ1n) is 3.92. The average molecular weight is 174 g/mol. The zero-order valence-corrected chi connectivity index (χ0v) is 7.05. The van der Waals surface area contributed by atoms with Crippen molar-refractivity contribution < 1.29 is 9.90 Å². The Morgan fingerprint density at radius 1 is 1.15 bits per heavy atom. The molecule has 0 aliphatic rings. The van der Waals surface area contributed by atoms with Crippen LogP contribution >= 0.6 is 0 Å². The van der Waals surface area contributed by atoms with Gasteiger partial charge in [0.15, 0.2) is 0 Å². The lowest BCUT2D eigenvalue weighted by Crippen LogP contribution is -1.84. The molecule has 0 saturated heterocycles. The lowest BCUT2D eigenvalue weighted by atomic mass is 10.2. The van der Waals surface area contributed by atoms with Crippen molar-refractivity contribution in [1.29, 1.82) is 0 Å². The maximum atomic E-state index is 10.1. The maximum Gasteiger partial charge on any atom is 0.328 e. The van der Waals surface area contributed by atoms with Gasteiger partial charge in [-0.1, -0.05) is 48.6 Å². The summed E-state index contributed by atoms with van der Waals surface area (Å²) in [5, 5.41) is 8.29. The van der Waals surface area contributed by atoms with E-state index in [9.17, 15) is 4.79 Å². The average Bonchev–Trinajstić information content (AvgIpc) is 2.14. The highest BCUT2D eigenvalue weighted by Gasteiger charge is 1.82. The van der Waals surface area contributed by atoms with E-state index in [1.807, 2.05) is 36.4 Å². The number of carboxylic acid groups (broad SMARTS) is 1. The number of benzene rings is 1. The fraction of sp³-hybridized carbons (Fsp3) is 0. The molecule has 0 aliphatic heterocycles. The van der Waals surface area contributed by atoms with Gasteiger partial charge in [0, 0.05) is 6.08 Å². The smallest absolute Gasteiger partial charge is 0.328 e. The molecule has 1 rings (SSSR count). The van der Waals surface area contributed by atoms with Gasteiger partial charge >= 0.3 is 5.97 Å². The van der Waals surface area contributed by atoms with Crippen LogP contribution in [0.15, 0.2) is 48.6 Å². The second kappa shape index (κ2) is 4.93. The minimum atomic E-state index is -0.933. The second-order valence-corrected chi connectivity index (χ2v) is 2.47. The molecule has 0 aromatic heterocycles. The molecule has 0 saturated carbocycles. The van der Waals surface area contributed by atoms with Gasteiger partial charge in [0.1, 0.15) is 0 Å². The van der Waals surface area contributed by atoms with Gasteiger partial charge in [-0.05, 0) is 5.56 Å². The van der Waals surface area contributed by atoms with Crippen molar-refractivity contribution in [3.8, 4) is 0 Å². The lowest BCUT2D eigenvalue weighted by molar-refractivity contribution is -0.131. The fourth-order valence-electron chi connectivity index (χ4n) is 0.869. The highest BCUT2D eigenvalue weighted by molar-refractivity contribution is 5.80. The molecule has 0 radical (unpaired) electrons. The zero-order chi connectivity index (χ0) is 9.52. The van der Waals surface area contributed by atoms with E-state index in [0.717, 1.165) is 11.6 Å². The minimum absolute atomic E-state index is 0.933. The first-order valence-corrected chi connectivity index (χ1v) is 3.92. The van der Waals surface area contributed by atoms with E-state index in [1.54, 1.807) is 6.08 Å². The quantitative estimate of drug-likeness (QED) is 0.564. The third-order valence-electron chi connectivity index (χ3n) is 1.44. The van der Waals surface area contributed by atoms with Crippen LogP contribution < -0.4 is 0 Å². The van der Waals surface area contributed by atoms with E-state index in [4.69, 9.17) is 5.11 Å². The predicted molar refractivity (Wildman–Crippen MR) is 52.3 cm³/mol.